The number of nitrogens with one attached hydrogen (secondary N) is 1. The molecule has 0 bridgehead atoms. The van der Waals surface area contributed by atoms with Crippen LogP contribution in [0.15, 0.2) is 0 Å². The van der Waals surface area contributed by atoms with Crippen LogP contribution in [0, 0.1) is 5.92 Å². The van der Waals surface area contributed by atoms with Crippen LogP contribution in [0.5, 0.6) is 0 Å². The largest absolute Gasteiger partial charge is 0.480 e. The number of methoxy groups -OCH3 is 1. The number of hydrogen-bond donors (Lipinski definition) is 2. The molecule has 0 aromatic carbocycles. The topological polar surface area (TPSA) is 95.7 Å². The predicted molar refractivity (Wildman–Crippen MR) is 88.3 cm³/mol. The molecule has 0 saturated carbocycles. The molecule has 1 saturated heterocycles. The first-order valence-electron chi connectivity index (χ1n) is 7.67. The summed E-state index contributed by atoms with van der Waals surface area (Å²) in [4.78, 5) is 37.0. The number of hydrogen-bond acceptors (Lipinski definition) is 6. The molecule has 0 radical (unpaired) electrons. The Labute approximate surface area is 141 Å². The molecule has 1 rings (SSSR count). The first-order valence-corrected chi connectivity index (χ1v) is 9.06. The highest BCUT2D eigenvalue weighted by Crippen LogP contribution is 2.25. The van der Waals surface area contributed by atoms with Crippen LogP contribution in [0.1, 0.15) is 26.7 Å². The van der Waals surface area contributed by atoms with Gasteiger partial charge in [-0.15, -0.1) is 0 Å². The zero-order valence-corrected chi connectivity index (χ0v) is 14.9. The molecule has 132 valence electrons. The van der Waals surface area contributed by atoms with Crippen molar-refractivity contribution in [2.75, 3.05) is 25.7 Å². The lowest BCUT2D eigenvalue weighted by molar-refractivity contribution is -0.146. The van der Waals surface area contributed by atoms with E-state index in [1.165, 1.54) is 7.11 Å². The number of amides is 1. The molecule has 7 nitrogen and oxygen atoms in total. The normalized spacial score (nSPS) is 22.3. The molecular weight excluding hydrogens is 320 g/mol. The zero-order chi connectivity index (χ0) is 17.6. The van der Waals surface area contributed by atoms with Gasteiger partial charge < -0.3 is 15.2 Å². The van der Waals surface area contributed by atoms with Crippen molar-refractivity contribution in [2.45, 2.75) is 44.8 Å². The van der Waals surface area contributed by atoms with Gasteiger partial charge in [-0.1, -0.05) is 13.8 Å². The molecule has 0 spiro atoms. The Morgan fingerprint density at radius 3 is 2.52 bits per heavy atom. The third kappa shape index (κ3) is 6.02. The van der Waals surface area contributed by atoms with Crippen molar-refractivity contribution in [3.63, 3.8) is 0 Å². The average molecular weight is 346 g/mol. The third-order valence-corrected chi connectivity index (χ3v) is 4.39. The Balaban J connectivity index is 2.60. The van der Waals surface area contributed by atoms with Crippen molar-refractivity contribution in [3.8, 4) is 0 Å². The Morgan fingerprint density at radius 2 is 2.04 bits per heavy atom. The number of ether oxygens (including phenoxy) is 1. The lowest BCUT2D eigenvalue weighted by Gasteiger charge is -2.19. The summed E-state index contributed by atoms with van der Waals surface area (Å²) >= 11 is 1.57. The van der Waals surface area contributed by atoms with E-state index in [4.69, 9.17) is 4.74 Å². The van der Waals surface area contributed by atoms with Gasteiger partial charge in [0.1, 0.15) is 18.1 Å². The number of rotatable bonds is 10. The number of carbonyl (C=O) groups excluding carboxylic acids is 2. The number of carboxylic acid groups (broad SMARTS) is 1. The SMILES string of the molecule is COC(=O)[C@H](CC(C)C)NC(=O)C1CN1C(CCSC)C(=O)O. The van der Waals surface area contributed by atoms with Crippen molar-refractivity contribution in [1.29, 1.82) is 0 Å². The summed E-state index contributed by atoms with van der Waals surface area (Å²) in [5, 5.41) is 12.0. The second kappa shape index (κ2) is 9.12. The van der Waals surface area contributed by atoms with Crippen LogP contribution in [-0.4, -0.2) is 71.6 Å². The van der Waals surface area contributed by atoms with Crippen LogP contribution in [0.4, 0.5) is 0 Å². The summed E-state index contributed by atoms with van der Waals surface area (Å²) < 4.78 is 4.72. The molecule has 1 aliphatic rings. The van der Waals surface area contributed by atoms with Gasteiger partial charge in [0.05, 0.1) is 7.11 Å². The van der Waals surface area contributed by atoms with E-state index in [9.17, 15) is 19.5 Å². The summed E-state index contributed by atoms with van der Waals surface area (Å²) in [6.45, 7) is 4.32. The quantitative estimate of drug-likeness (QED) is 0.441. The summed E-state index contributed by atoms with van der Waals surface area (Å²) in [5.74, 6) is -0.753. The van der Waals surface area contributed by atoms with E-state index < -0.39 is 30.1 Å². The van der Waals surface area contributed by atoms with Crippen LogP contribution in [0.3, 0.4) is 0 Å². The maximum Gasteiger partial charge on any atom is 0.328 e. The highest BCUT2D eigenvalue weighted by molar-refractivity contribution is 7.98. The molecule has 0 aliphatic carbocycles. The van der Waals surface area contributed by atoms with Gasteiger partial charge in [-0.05, 0) is 30.8 Å². The Morgan fingerprint density at radius 1 is 1.39 bits per heavy atom. The predicted octanol–water partition coefficient (Wildman–Crippen LogP) is 0.581. The second-order valence-electron chi connectivity index (χ2n) is 6.06. The fraction of sp³-hybridized carbons (Fsp3) is 0.800. The van der Waals surface area contributed by atoms with Gasteiger partial charge in [0.2, 0.25) is 5.91 Å². The lowest BCUT2D eigenvalue weighted by Crippen LogP contribution is -2.45. The van der Waals surface area contributed by atoms with Crippen molar-refractivity contribution < 1.29 is 24.2 Å². The number of carboxylic acids is 1. The van der Waals surface area contributed by atoms with Crippen LogP contribution >= 0.6 is 11.8 Å². The fourth-order valence-electron chi connectivity index (χ4n) is 2.49. The van der Waals surface area contributed by atoms with Crippen molar-refractivity contribution >= 4 is 29.6 Å². The Hall–Kier alpha value is -1.28. The highest BCUT2D eigenvalue weighted by Gasteiger charge is 2.47. The van der Waals surface area contributed by atoms with E-state index >= 15 is 0 Å². The summed E-state index contributed by atoms with van der Waals surface area (Å²) in [7, 11) is 1.29. The van der Waals surface area contributed by atoms with Gasteiger partial charge in [0, 0.05) is 6.54 Å². The van der Waals surface area contributed by atoms with Gasteiger partial charge in [-0.2, -0.15) is 11.8 Å². The number of esters is 1. The standard InChI is InChI=1S/C15H26N2O5S/c1-9(2)7-10(15(21)22-3)16-13(18)12-8-17(12)11(14(19)20)5-6-23-4/h9-12H,5-8H2,1-4H3,(H,16,18)(H,19,20)/t10-,11?,12?,17?/m0/s1. The zero-order valence-electron chi connectivity index (χ0n) is 14.1. The van der Waals surface area contributed by atoms with E-state index in [1.54, 1.807) is 16.7 Å². The number of nitrogens with zero attached hydrogens (tertiary/aromatic N) is 1. The monoisotopic (exact) mass is 346 g/mol. The van der Waals surface area contributed by atoms with E-state index in [0.717, 1.165) is 5.75 Å². The number of carbonyl (C=O) groups is 3. The van der Waals surface area contributed by atoms with Crippen LogP contribution in [0.2, 0.25) is 0 Å². The molecule has 1 fully saturated rings. The molecule has 3 unspecified atom stereocenters. The lowest BCUT2D eigenvalue weighted by atomic mass is 10.0. The van der Waals surface area contributed by atoms with Crippen molar-refractivity contribution in [2.24, 2.45) is 5.92 Å². The molecule has 1 aliphatic heterocycles. The fourth-order valence-corrected chi connectivity index (χ4v) is 2.95. The molecule has 2 N–H and O–H groups in total. The maximum atomic E-state index is 12.3. The van der Waals surface area contributed by atoms with Crippen molar-refractivity contribution in [3.05, 3.63) is 0 Å². The van der Waals surface area contributed by atoms with Crippen LogP contribution in [0.25, 0.3) is 0 Å². The maximum absolute atomic E-state index is 12.3. The van der Waals surface area contributed by atoms with Gasteiger partial charge in [0.15, 0.2) is 0 Å². The molecule has 0 aromatic rings. The smallest absolute Gasteiger partial charge is 0.328 e. The van der Waals surface area contributed by atoms with Gasteiger partial charge in [-0.3, -0.25) is 14.5 Å². The molecule has 23 heavy (non-hydrogen) atoms. The van der Waals surface area contributed by atoms with E-state index in [1.807, 2.05) is 20.1 Å². The molecule has 4 atom stereocenters. The van der Waals surface area contributed by atoms with Gasteiger partial charge >= 0.3 is 11.9 Å². The molecule has 1 amide bonds. The van der Waals surface area contributed by atoms with Crippen molar-refractivity contribution in [1.82, 2.24) is 10.2 Å². The van der Waals surface area contributed by atoms with Gasteiger partial charge in [-0.25, -0.2) is 4.79 Å². The summed E-state index contributed by atoms with van der Waals surface area (Å²) in [6, 6.07) is -1.82. The number of aliphatic carboxylic acids is 1. The minimum atomic E-state index is -0.916. The molecular formula is C15H26N2O5S. The number of thioether (sulfide) groups is 1. The molecule has 8 heteroatoms. The van der Waals surface area contributed by atoms with E-state index in [-0.39, 0.29) is 11.8 Å². The summed E-state index contributed by atoms with van der Waals surface area (Å²) in [6.07, 6.45) is 2.89. The minimum Gasteiger partial charge on any atom is -0.480 e. The van der Waals surface area contributed by atoms with E-state index in [2.05, 4.69) is 5.32 Å². The van der Waals surface area contributed by atoms with Crippen LogP contribution in [-0.2, 0) is 19.1 Å². The minimum absolute atomic E-state index is 0.225. The third-order valence-electron chi connectivity index (χ3n) is 3.74. The van der Waals surface area contributed by atoms with E-state index in [0.29, 0.717) is 19.4 Å². The van der Waals surface area contributed by atoms with Gasteiger partial charge in [0.25, 0.3) is 0 Å². The molecule has 0 aromatic heterocycles. The highest BCUT2D eigenvalue weighted by atomic mass is 32.2. The Bertz CT molecular complexity index is 444. The molecule has 1 heterocycles. The first-order chi connectivity index (χ1) is 10.8. The first kappa shape index (κ1) is 19.8. The summed E-state index contributed by atoms with van der Waals surface area (Å²) in [5.41, 5.74) is 0. The Kier molecular flexibility index (Phi) is 7.84. The van der Waals surface area contributed by atoms with Crippen LogP contribution < -0.4 is 5.32 Å². The second-order valence-corrected chi connectivity index (χ2v) is 7.05. The average Bonchev–Trinajstić information content (AvgIpc) is 3.25.